The summed E-state index contributed by atoms with van der Waals surface area (Å²) in [4.78, 5) is 13.5. The van der Waals surface area contributed by atoms with E-state index in [2.05, 4.69) is 19.2 Å². The van der Waals surface area contributed by atoms with Crippen LogP contribution in [0.4, 0.5) is 0 Å². The normalized spacial score (nSPS) is 17.7. The highest BCUT2D eigenvalue weighted by Crippen LogP contribution is 2.42. The first-order valence-electron chi connectivity index (χ1n) is 10.5. The first kappa shape index (κ1) is 20.0. The number of hydrogen-bond acceptors (Lipinski definition) is 3. The van der Waals surface area contributed by atoms with E-state index in [9.17, 15) is 4.79 Å². The molecule has 30 heavy (non-hydrogen) atoms. The lowest BCUT2D eigenvalue weighted by atomic mass is 9.83. The smallest absolute Gasteiger partial charge is 0.252 e. The maximum atomic E-state index is 13.5. The lowest BCUT2D eigenvalue weighted by Crippen LogP contribution is -2.44. The molecular weight excluding hydrogens is 374 g/mol. The fraction of sp³-hybridized carbons (Fsp3) is 0.269. The number of para-hydroxylation sites is 1. The molecule has 1 atom stereocenters. The molecule has 0 fully saturated rings. The summed E-state index contributed by atoms with van der Waals surface area (Å²) in [6, 6.07) is 21.2. The summed E-state index contributed by atoms with van der Waals surface area (Å²) < 4.78 is 11.9. The number of carbonyl (C=O) groups is 1. The maximum absolute atomic E-state index is 13.5. The van der Waals surface area contributed by atoms with Crippen molar-refractivity contribution in [2.24, 2.45) is 0 Å². The summed E-state index contributed by atoms with van der Waals surface area (Å²) in [5.74, 6) is 1.38. The fourth-order valence-corrected chi connectivity index (χ4v) is 4.08. The Morgan fingerprint density at radius 2 is 1.77 bits per heavy atom. The Balaban J connectivity index is 1.68. The van der Waals surface area contributed by atoms with Crippen LogP contribution < -0.4 is 10.1 Å². The van der Waals surface area contributed by atoms with Crippen molar-refractivity contribution < 1.29 is 13.9 Å². The zero-order chi connectivity index (χ0) is 21.0. The van der Waals surface area contributed by atoms with Gasteiger partial charge in [-0.15, -0.1) is 0 Å². The van der Waals surface area contributed by atoms with Gasteiger partial charge in [0.25, 0.3) is 5.91 Å². The van der Waals surface area contributed by atoms with E-state index in [4.69, 9.17) is 9.15 Å². The minimum atomic E-state index is -0.274. The van der Waals surface area contributed by atoms with E-state index in [0.717, 1.165) is 36.1 Å². The Morgan fingerprint density at radius 3 is 2.47 bits per heavy atom. The Hall–Kier alpha value is -3.27. The van der Waals surface area contributed by atoms with Gasteiger partial charge >= 0.3 is 0 Å². The third-order valence-corrected chi connectivity index (χ3v) is 5.95. The molecule has 1 aliphatic rings. The van der Waals surface area contributed by atoms with Crippen molar-refractivity contribution in [1.82, 2.24) is 5.32 Å². The SMILES string of the molecule is CCC1(CC)C[C@H](NC(=O)/C(=C/c2ccco2)c2ccccc2)c2ccccc2O1. The van der Waals surface area contributed by atoms with Gasteiger partial charge in [-0.1, -0.05) is 62.4 Å². The highest BCUT2D eigenvalue weighted by molar-refractivity contribution is 6.24. The highest BCUT2D eigenvalue weighted by Gasteiger charge is 2.39. The molecule has 1 amide bonds. The van der Waals surface area contributed by atoms with Crippen molar-refractivity contribution in [2.75, 3.05) is 0 Å². The Morgan fingerprint density at radius 1 is 1.03 bits per heavy atom. The first-order valence-corrected chi connectivity index (χ1v) is 10.5. The van der Waals surface area contributed by atoms with Crippen molar-refractivity contribution in [2.45, 2.75) is 44.8 Å². The van der Waals surface area contributed by atoms with Crippen LogP contribution in [0.25, 0.3) is 11.6 Å². The van der Waals surface area contributed by atoms with Crippen LogP contribution in [0.15, 0.2) is 77.4 Å². The molecule has 4 heteroatoms. The predicted octanol–water partition coefficient (Wildman–Crippen LogP) is 6.02. The van der Waals surface area contributed by atoms with E-state index >= 15 is 0 Å². The molecular formula is C26H27NO3. The molecule has 2 heterocycles. The number of hydrogen-bond donors (Lipinski definition) is 1. The van der Waals surface area contributed by atoms with Crippen molar-refractivity contribution in [3.8, 4) is 5.75 Å². The molecule has 154 valence electrons. The molecule has 3 aromatic rings. The second-order valence-electron chi connectivity index (χ2n) is 7.70. The van der Waals surface area contributed by atoms with Crippen LogP contribution in [0, 0.1) is 0 Å². The number of carbonyl (C=O) groups excluding carboxylic acids is 1. The van der Waals surface area contributed by atoms with Gasteiger partial charge in [0.2, 0.25) is 0 Å². The van der Waals surface area contributed by atoms with Crippen LogP contribution in [-0.4, -0.2) is 11.5 Å². The molecule has 4 nitrogen and oxygen atoms in total. The van der Waals surface area contributed by atoms with Gasteiger partial charge in [-0.05, 0) is 42.7 Å². The summed E-state index contributed by atoms with van der Waals surface area (Å²) in [7, 11) is 0. The molecule has 1 N–H and O–H groups in total. The highest BCUT2D eigenvalue weighted by atomic mass is 16.5. The predicted molar refractivity (Wildman–Crippen MR) is 119 cm³/mol. The second kappa shape index (κ2) is 8.62. The van der Waals surface area contributed by atoms with E-state index in [1.807, 2.05) is 66.7 Å². The van der Waals surface area contributed by atoms with Gasteiger partial charge in [-0.3, -0.25) is 4.79 Å². The molecule has 0 saturated heterocycles. The van der Waals surface area contributed by atoms with Crippen LogP contribution in [0.1, 0.15) is 56.0 Å². The van der Waals surface area contributed by atoms with Crippen LogP contribution >= 0.6 is 0 Å². The van der Waals surface area contributed by atoms with Crippen LogP contribution in [0.5, 0.6) is 5.75 Å². The van der Waals surface area contributed by atoms with Crippen molar-refractivity contribution in [1.29, 1.82) is 0 Å². The minimum Gasteiger partial charge on any atom is -0.487 e. The Kier molecular flexibility index (Phi) is 5.75. The standard InChI is InChI=1S/C26H27NO3/c1-3-26(4-2)18-23(21-14-8-9-15-24(21)30-26)27-25(28)22(17-20-13-10-16-29-20)19-11-6-5-7-12-19/h5-17,23H,3-4,18H2,1-2H3,(H,27,28)/b22-17+/t23-/m0/s1. The van der Waals surface area contributed by atoms with Gasteiger partial charge in [-0.2, -0.15) is 0 Å². The summed E-state index contributed by atoms with van der Waals surface area (Å²) in [6.45, 7) is 4.28. The van der Waals surface area contributed by atoms with E-state index in [-0.39, 0.29) is 17.6 Å². The third-order valence-electron chi connectivity index (χ3n) is 5.95. The lowest BCUT2D eigenvalue weighted by molar-refractivity contribution is -0.117. The molecule has 4 rings (SSSR count). The van der Waals surface area contributed by atoms with Crippen LogP contribution in [-0.2, 0) is 4.79 Å². The number of furan rings is 1. The van der Waals surface area contributed by atoms with Crippen LogP contribution in [0.2, 0.25) is 0 Å². The van der Waals surface area contributed by atoms with E-state index in [1.165, 1.54) is 0 Å². The largest absolute Gasteiger partial charge is 0.487 e. The van der Waals surface area contributed by atoms with Gasteiger partial charge in [0.15, 0.2) is 0 Å². The number of fused-ring (bicyclic) bond motifs is 1. The summed E-state index contributed by atoms with van der Waals surface area (Å²) in [6.07, 6.45) is 5.92. The van der Waals surface area contributed by atoms with Gasteiger partial charge in [0, 0.05) is 12.0 Å². The van der Waals surface area contributed by atoms with Crippen molar-refractivity contribution in [3.63, 3.8) is 0 Å². The Labute approximate surface area is 177 Å². The van der Waals surface area contributed by atoms with Crippen molar-refractivity contribution in [3.05, 3.63) is 89.9 Å². The molecule has 1 aromatic heterocycles. The zero-order valence-corrected chi connectivity index (χ0v) is 17.4. The number of ether oxygens (including phenoxy) is 1. The zero-order valence-electron chi connectivity index (χ0n) is 17.4. The quantitative estimate of drug-likeness (QED) is 0.514. The number of benzene rings is 2. The van der Waals surface area contributed by atoms with E-state index in [0.29, 0.717) is 11.3 Å². The minimum absolute atomic E-state index is 0.119. The topological polar surface area (TPSA) is 51.5 Å². The molecule has 0 aliphatic carbocycles. The second-order valence-corrected chi connectivity index (χ2v) is 7.70. The molecule has 0 unspecified atom stereocenters. The van der Waals surface area contributed by atoms with Gasteiger partial charge < -0.3 is 14.5 Å². The maximum Gasteiger partial charge on any atom is 0.252 e. The average Bonchev–Trinajstić information content (AvgIpc) is 3.31. The summed E-state index contributed by atoms with van der Waals surface area (Å²) >= 11 is 0. The molecule has 1 aliphatic heterocycles. The Bertz CT molecular complexity index is 1020. The summed E-state index contributed by atoms with van der Waals surface area (Å²) in [5.41, 5.74) is 2.18. The first-order chi connectivity index (χ1) is 14.6. The van der Waals surface area contributed by atoms with Gasteiger partial charge in [0.05, 0.1) is 17.9 Å². The number of rotatable bonds is 6. The molecule has 2 aromatic carbocycles. The summed E-state index contributed by atoms with van der Waals surface area (Å²) in [5, 5.41) is 3.28. The van der Waals surface area contributed by atoms with E-state index < -0.39 is 0 Å². The number of nitrogens with one attached hydrogen (secondary N) is 1. The number of amides is 1. The average molecular weight is 402 g/mol. The molecule has 0 radical (unpaired) electrons. The molecule has 0 bridgehead atoms. The monoisotopic (exact) mass is 401 g/mol. The van der Waals surface area contributed by atoms with Crippen molar-refractivity contribution >= 4 is 17.6 Å². The lowest BCUT2D eigenvalue weighted by Gasteiger charge is -2.41. The third kappa shape index (κ3) is 4.04. The van der Waals surface area contributed by atoms with Gasteiger partial charge in [-0.25, -0.2) is 0 Å². The molecule has 0 spiro atoms. The van der Waals surface area contributed by atoms with Gasteiger partial charge in [0.1, 0.15) is 17.1 Å². The van der Waals surface area contributed by atoms with Crippen LogP contribution in [0.3, 0.4) is 0 Å². The van der Waals surface area contributed by atoms with E-state index in [1.54, 1.807) is 12.3 Å². The fourth-order valence-electron chi connectivity index (χ4n) is 4.08. The molecule has 0 saturated carbocycles.